The molecule has 0 saturated carbocycles. The van der Waals surface area contributed by atoms with Crippen LogP contribution in [0.3, 0.4) is 0 Å². The third kappa shape index (κ3) is 3.31. The smallest absolute Gasteiger partial charge is 0.347 e. The summed E-state index contributed by atoms with van der Waals surface area (Å²) in [6.07, 6.45) is 0. The van der Waals surface area contributed by atoms with E-state index in [2.05, 4.69) is 10.3 Å². The Morgan fingerprint density at radius 3 is 2.62 bits per heavy atom. The molecule has 1 aromatic heterocycles. The number of anilines is 1. The van der Waals surface area contributed by atoms with Gasteiger partial charge in [-0.3, -0.25) is 0 Å². The lowest BCUT2D eigenvalue weighted by atomic mass is 10.1. The first-order valence-electron chi connectivity index (χ1n) is 6.70. The van der Waals surface area contributed by atoms with Crippen molar-refractivity contribution in [3.63, 3.8) is 0 Å². The Labute approximate surface area is 123 Å². The highest BCUT2D eigenvalue weighted by Crippen LogP contribution is 2.17. The van der Waals surface area contributed by atoms with Crippen LogP contribution in [0.15, 0.2) is 35.3 Å². The van der Waals surface area contributed by atoms with Gasteiger partial charge >= 0.3 is 6.03 Å². The van der Waals surface area contributed by atoms with E-state index < -0.39 is 6.03 Å². The number of aromatic nitrogens is 1. The maximum absolute atomic E-state index is 12.0. The third-order valence-corrected chi connectivity index (χ3v) is 3.41. The fraction of sp³-hybridized carbons (Fsp3) is 0.250. The van der Waals surface area contributed by atoms with E-state index in [4.69, 9.17) is 0 Å². The molecule has 2 N–H and O–H groups in total. The Bertz CT molecular complexity index is 761. The number of hydrogen-bond donors (Lipinski definition) is 2. The van der Waals surface area contributed by atoms with Gasteiger partial charge in [-0.1, -0.05) is 12.1 Å². The van der Waals surface area contributed by atoms with E-state index in [1.54, 1.807) is 13.0 Å². The minimum atomic E-state index is -0.517. The molecule has 110 valence electrons. The van der Waals surface area contributed by atoms with Gasteiger partial charge in [-0.2, -0.15) is 9.72 Å². The number of urea groups is 1. The first-order chi connectivity index (χ1) is 9.88. The fourth-order valence-corrected chi connectivity index (χ4v) is 2.09. The molecule has 5 nitrogen and oxygen atoms in total. The topological polar surface area (TPSA) is 66.6 Å². The standard InChI is InChI=1S/C16H19N3O2/c1-10-8-12(3)19(21)15(9-10)18-16(20)17-14-7-5-6-11(2)13(14)4/h5-9,21H,1-4H3,(H,17,20)/b18-15-. The summed E-state index contributed by atoms with van der Waals surface area (Å²) in [6, 6.07) is 8.62. The van der Waals surface area contributed by atoms with Gasteiger partial charge in [0.15, 0.2) is 5.49 Å². The first kappa shape index (κ1) is 14.8. The molecule has 0 aliphatic heterocycles. The first-order valence-corrected chi connectivity index (χ1v) is 6.70. The zero-order valence-corrected chi connectivity index (χ0v) is 12.6. The summed E-state index contributed by atoms with van der Waals surface area (Å²) in [7, 11) is 0. The zero-order chi connectivity index (χ0) is 15.6. The zero-order valence-electron chi connectivity index (χ0n) is 12.6. The number of nitrogens with zero attached hydrogens (tertiary/aromatic N) is 2. The average Bonchev–Trinajstić information content (AvgIpc) is 2.40. The lowest BCUT2D eigenvalue weighted by Gasteiger charge is -2.08. The quantitative estimate of drug-likeness (QED) is 0.791. The molecule has 0 radical (unpaired) electrons. The summed E-state index contributed by atoms with van der Waals surface area (Å²) >= 11 is 0. The van der Waals surface area contributed by atoms with E-state index in [1.807, 2.05) is 45.0 Å². The second-order valence-corrected chi connectivity index (χ2v) is 5.13. The average molecular weight is 285 g/mol. The Morgan fingerprint density at radius 2 is 1.90 bits per heavy atom. The lowest BCUT2D eigenvalue weighted by Crippen LogP contribution is -2.24. The highest BCUT2D eigenvalue weighted by molar-refractivity contribution is 5.90. The molecule has 1 heterocycles. The molecule has 0 fully saturated rings. The van der Waals surface area contributed by atoms with E-state index >= 15 is 0 Å². The van der Waals surface area contributed by atoms with Crippen molar-refractivity contribution in [2.75, 3.05) is 5.32 Å². The lowest BCUT2D eigenvalue weighted by molar-refractivity contribution is 0.164. The molecule has 0 saturated heterocycles. The Morgan fingerprint density at radius 1 is 1.19 bits per heavy atom. The molecular weight excluding hydrogens is 266 g/mol. The van der Waals surface area contributed by atoms with E-state index in [9.17, 15) is 10.0 Å². The molecule has 0 unspecified atom stereocenters. The largest absolute Gasteiger partial charge is 0.427 e. The van der Waals surface area contributed by atoms with Gasteiger partial charge in [-0.05, 0) is 62.6 Å². The molecule has 0 spiro atoms. The number of carbonyl (C=O) groups excluding carboxylic acids is 1. The van der Waals surface area contributed by atoms with Gasteiger partial charge in [0.25, 0.3) is 0 Å². The van der Waals surface area contributed by atoms with Crippen molar-refractivity contribution < 1.29 is 10.0 Å². The number of nitrogens with one attached hydrogen (secondary N) is 1. The predicted octanol–water partition coefficient (Wildman–Crippen LogP) is 3.09. The normalized spacial score (nSPS) is 11.5. The van der Waals surface area contributed by atoms with Crippen LogP contribution in [0.4, 0.5) is 10.5 Å². The molecule has 21 heavy (non-hydrogen) atoms. The van der Waals surface area contributed by atoms with Crippen LogP contribution in [0.5, 0.6) is 0 Å². The number of benzene rings is 1. The van der Waals surface area contributed by atoms with E-state index in [0.717, 1.165) is 27.1 Å². The van der Waals surface area contributed by atoms with Crippen molar-refractivity contribution in [3.8, 4) is 0 Å². The van der Waals surface area contributed by atoms with Crippen molar-refractivity contribution in [3.05, 3.63) is 58.2 Å². The van der Waals surface area contributed by atoms with Crippen molar-refractivity contribution in [1.82, 2.24) is 4.73 Å². The van der Waals surface area contributed by atoms with Crippen LogP contribution in [0.2, 0.25) is 0 Å². The minimum Gasteiger partial charge on any atom is -0.427 e. The number of rotatable bonds is 1. The molecular formula is C16H19N3O2. The fourth-order valence-electron chi connectivity index (χ4n) is 2.09. The van der Waals surface area contributed by atoms with Crippen molar-refractivity contribution >= 4 is 11.7 Å². The summed E-state index contributed by atoms with van der Waals surface area (Å²) in [5.74, 6) is 0. The highest BCUT2D eigenvalue weighted by Gasteiger charge is 2.05. The predicted molar refractivity (Wildman–Crippen MR) is 81.6 cm³/mol. The molecule has 5 heteroatoms. The number of amides is 2. The molecule has 0 bridgehead atoms. The van der Waals surface area contributed by atoms with Crippen LogP contribution in [0.1, 0.15) is 22.4 Å². The maximum Gasteiger partial charge on any atom is 0.347 e. The summed E-state index contributed by atoms with van der Waals surface area (Å²) in [5, 5.41) is 12.6. The number of hydrogen-bond acceptors (Lipinski definition) is 2. The summed E-state index contributed by atoms with van der Waals surface area (Å²) in [5.41, 5.74) is 4.56. The van der Waals surface area contributed by atoms with Crippen LogP contribution in [0.25, 0.3) is 0 Å². The van der Waals surface area contributed by atoms with Crippen molar-refractivity contribution in [2.24, 2.45) is 4.99 Å². The van der Waals surface area contributed by atoms with Crippen molar-refractivity contribution in [1.29, 1.82) is 0 Å². The Kier molecular flexibility index (Phi) is 4.12. The van der Waals surface area contributed by atoms with Gasteiger partial charge in [0, 0.05) is 5.69 Å². The third-order valence-electron chi connectivity index (χ3n) is 3.41. The molecule has 2 aromatic rings. The molecule has 0 aliphatic carbocycles. The summed E-state index contributed by atoms with van der Waals surface area (Å²) in [6.45, 7) is 7.55. The van der Waals surface area contributed by atoms with Gasteiger partial charge < -0.3 is 10.5 Å². The maximum atomic E-state index is 12.0. The molecule has 2 amide bonds. The van der Waals surface area contributed by atoms with Crippen LogP contribution in [0, 0.1) is 27.7 Å². The second kappa shape index (κ2) is 5.83. The number of pyridine rings is 1. The van der Waals surface area contributed by atoms with E-state index in [0.29, 0.717) is 5.69 Å². The van der Waals surface area contributed by atoms with Gasteiger partial charge in [0.05, 0.1) is 5.69 Å². The minimum absolute atomic E-state index is 0.204. The summed E-state index contributed by atoms with van der Waals surface area (Å²) < 4.78 is 0.898. The van der Waals surface area contributed by atoms with E-state index in [-0.39, 0.29) is 5.49 Å². The van der Waals surface area contributed by atoms with Gasteiger partial charge in [0.1, 0.15) is 0 Å². The van der Waals surface area contributed by atoms with Gasteiger partial charge in [-0.15, -0.1) is 0 Å². The number of carbonyl (C=O) groups is 1. The summed E-state index contributed by atoms with van der Waals surface area (Å²) in [4.78, 5) is 15.9. The monoisotopic (exact) mass is 285 g/mol. The molecule has 0 aliphatic rings. The molecule has 0 atom stereocenters. The van der Waals surface area contributed by atoms with Crippen LogP contribution < -0.4 is 10.8 Å². The van der Waals surface area contributed by atoms with Crippen LogP contribution >= 0.6 is 0 Å². The van der Waals surface area contributed by atoms with Gasteiger partial charge in [-0.25, -0.2) is 4.79 Å². The van der Waals surface area contributed by atoms with Crippen LogP contribution in [-0.2, 0) is 0 Å². The highest BCUT2D eigenvalue weighted by atomic mass is 16.5. The number of aryl methyl sites for hydroxylation is 3. The Balaban J connectivity index is 2.34. The molecule has 2 rings (SSSR count). The van der Waals surface area contributed by atoms with Crippen LogP contribution in [-0.4, -0.2) is 16.0 Å². The SMILES string of the molecule is Cc1cc(C)n(O)/c(=N\C(=O)Nc2cccc(C)c2C)c1. The van der Waals surface area contributed by atoms with E-state index in [1.165, 1.54) is 0 Å². The molecule has 1 aromatic carbocycles. The van der Waals surface area contributed by atoms with Crippen molar-refractivity contribution in [2.45, 2.75) is 27.7 Å². The Hall–Kier alpha value is -2.56. The second-order valence-electron chi connectivity index (χ2n) is 5.13. The van der Waals surface area contributed by atoms with Gasteiger partial charge in [0.2, 0.25) is 0 Å².